The van der Waals surface area contributed by atoms with E-state index in [1.54, 1.807) is 4.90 Å². The third kappa shape index (κ3) is 2.18. The van der Waals surface area contributed by atoms with Crippen LogP contribution in [0.15, 0.2) is 12.2 Å². The molecule has 90 valence electrons. The largest absolute Gasteiger partial charge is 0.333 e. The van der Waals surface area contributed by atoms with Crippen molar-refractivity contribution >= 4 is 0 Å². The molecule has 5 atom stereocenters. The fourth-order valence-corrected chi connectivity index (χ4v) is 3.98. The molecule has 2 unspecified atom stereocenters. The Hall–Kier alpha value is -0.340. The SMILES string of the molecule is C[NH+]1CCC[NH+](C[C@@H]2C[C@H]3C=C[C@@H]2C3)CC1. The van der Waals surface area contributed by atoms with E-state index in [-0.39, 0.29) is 0 Å². The van der Waals surface area contributed by atoms with E-state index in [0.29, 0.717) is 0 Å². The Morgan fingerprint density at radius 1 is 1.06 bits per heavy atom. The highest BCUT2D eigenvalue weighted by atomic mass is 15.2. The molecule has 2 fully saturated rings. The van der Waals surface area contributed by atoms with Crippen molar-refractivity contribution in [2.75, 3.05) is 39.8 Å². The summed E-state index contributed by atoms with van der Waals surface area (Å²) in [4.78, 5) is 3.63. The van der Waals surface area contributed by atoms with Crippen molar-refractivity contribution in [3.05, 3.63) is 12.2 Å². The van der Waals surface area contributed by atoms with Crippen LogP contribution >= 0.6 is 0 Å². The molecule has 0 aromatic heterocycles. The maximum atomic E-state index is 2.51. The Bertz CT molecular complexity index is 274. The normalized spacial score (nSPS) is 47.2. The Kier molecular flexibility index (Phi) is 3.03. The van der Waals surface area contributed by atoms with Crippen molar-refractivity contribution in [1.82, 2.24) is 0 Å². The van der Waals surface area contributed by atoms with Crippen molar-refractivity contribution in [3.63, 3.8) is 0 Å². The molecule has 0 aromatic rings. The number of quaternary nitrogens is 2. The summed E-state index contributed by atoms with van der Waals surface area (Å²) < 4.78 is 0. The number of hydrogen-bond donors (Lipinski definition) is 2. The summed E-state index contributed by atoms with van der Waals surface area (Å²) in [6.45, 7) is 7.06. The van der Waals surface area contributed by atoms with Crippen molar-refractivity contribution in [1.29, 1.82) is 0 Å². The fourth-order valence-electron chi connectivity index (χ4n) is 3.98. The smallest absolute Gasteiger partial charge is 0.127 e. The third-order valence-electron chi connectivity index (χ3n) is 5.01. The first-order valence-corrected chi connectivity index (χ1v) is 7.14. The molecule has 2 aliphatic carbocycles. The maximum Gasteiger partial charge on any atom is 0.127 e. The van der Waals surface area contributed by atoms with Gasteiger partial charge in [-0.1, -0.05) is 12.2 Å². The van der Waals surface area contributed by atoms with E-state index in [9.17, 15) is 0 Å². The number of nitrogens with one attached hydrogen (secondary N) is 2. The highest BCUT2D eigenvalue weighted by Crippen LogP contribution is 2.42. The lowest BCUT2D eigenvalue weighted by atomic mass is 9.93. The lowest BCUT2D eigenvalue weighted by Gasteiger charge is -2.24. The van der Waals surface area contributed by atoms with E-state index < -0.39 is 0 Å². The molecule has 1 heterocycles. The lowest BCUT2D eigenvalue weighted by molar-refractivity contribution is -0.932. The molecule has 16 heavy (non-hydrogen) atoms. The second-order valence-electron chi connectivity index (χ2n) is 6.31. The molecular formula is C14H26N2+2. The van der Waals surface area contributed by atoms with Gasteiger partial charge >= 0.3 is 0 Å². The van der Waals surface area contributed by atoms with Crippen molar-refractivity contribution < 1.29 is 9.80 Å². The Labute approximate surface area is 99.3 Å². The number of fused-ring (bicyclic) bond motifs is 2. The predicted molar refractivity (Wildman–Crippen MR) is 65.6 cm³/mol. The Morgan fingerprint density at radius 2 is 2.00 bits per heavy atom. The summed E-state index contributed by atoms with van der Waals surface area (Å²) in [5.41, 5.74) is 0. The molecule has 1 saturated carbocycles. The first-order valence-electron chi connectivity index (χ1n) is 7.14. The van der Waals surface area contributed by atoms with E-state index in [2.05, 4.69) is 19.2 Å². The molecule has 2 bridgehead atoms. The minimum absolute atomic E-state index is 0.950. The average Bonchev–Trinajstić information content (AvgIpc) is 2.81. The van der Waals surface area contributed by atoms with Crippen LogP contribution in [0.25, 0.3) is 0 Å². The quantitative estimate of drug-likeness (QED) is 0.555. The van der Waals surface area contributed by atoms with Gasteiger partial charge in [0.25, 0.3) is 0 Å². The van der Waals surface area contributed by atoms with Crippen molar-refractivity contribution in [2.24, 2.45) is 17.8 Å². The molecule has 2 nitrogen and oxygen atoms in total. The van der Waals surface area contributed by atoms with Crippen LogP contribution in [0.2, 0.25) is 0 Å². The van der Waals surface area contributed by atoms with Gasteiger partial charge in [0.1, 0.15) is 13.1 Å². The van der Waals surface area contributed by atoms with Gasteiger partial charge in [-0.3, -0.25) is 0 Å². The second kappa shape index (κ2) is 4.50. The zero-order valence-electron chi connectivity index (χ0n) is 10.5. The summed E-state index contributed by atoms with van der Waals surface area (Å²) in [6, 6.07) is 0. The summed E-state index contributed by atoms with van der Waals surface area (Å²) in [5.74, 6) is 2.92. The Balaban J connectivity index is 1.53. The molecule has 3 aliphatic rings. The molecule has 0 amide bonds. The monoisotopic (exact) mass is 222 g/mol. The number of rotatable bonds is 2. The minimum Gasteiger partial charge on any atom is -0.333 e. The zero-order valence-corrected chi connectivity index (χ0v) is 10.5. The van der Waals surface area contributed by atoms with Crippen LogP contribution in [0.3, 0.4) is 0 Å². The van der Waals surface area contributed by atoms with E-state index in [1.807, 2.05) is 4.90 Å². The first kappa shape index (κ1) is 10.8. The fraction of sp³-hybridized carbons (Fsp3) is 0.857. The van der Waals surface area contributed by atoms with Gasteiger partial charge in [-0.2, -0.15) is 0 Å². The maximum absolute atomic E-state index is 2.51. The van der Waals surface area contributed by atoms with Gasteiger partial charge in [0.05, 0.1) is 26.7 Å². The predicted octanol–water partition coefficient (Wildman–Crippen LogP) is -0.998. The Morgan fingerprint density at radius 3 is 2.75 bits per heavy atom. The lowest BCUT2D eigenvalue weighted by Crippen LogP contribution is -3.17. The summed E-state index contributed by atoms with van der Waals surface area (Å²) >= 11 is 0. The van der Waals surface area contributed by atoms with E-state index >= 15 is 0 Å². The summed E-state index contributed by atoms with van der Waals surface area (Å²) in [6.07, 6.45) is 9.37. The highest BCUT2D eigenvalue weighted by molar-refractivity contribution is 5.09. The molecule has 3 rings (SSSR count). The molecule has 1 aliphatic heterocycles. The van der Waals surface area contributed by atoms with Crippen molar-refractivity contribution in [2.45, 2.75) is 19.3 Å². The van der Waals surface area contributed by atoms with Crippen LogP contribution in [0.4, 0.5) is 0 Å². The molecule has 1 saturated heterocycles. The first-order chi connectivity index (χ1) is 7.81. The number of hydrogen-bond acceptors (Lipinski definition) is 0. The summed E-state index contributed by atoms with van der Waals surface area (Å²) in [5, 5.41) is 0. The number of likely N-dealkylation sites (N-methyl/N-ethyl adjacent to an activating group) is 1. The average molecular weight is 222 g/mol. The highest BCUT2D eigenvalue weighted by Gasteiger charge is 2.38. The standard InChI is InChI=1S/C14H24N2/c1-15-5-2-6-16(8-7-15)11-14-10-12-3-4-13(14)9-12/h3-4,12-14H,2,5-11H2,1H3/p+2/t12-,13+,14-/m0/s1. The van der Waals surface area contributed by atoms with Crippen LogP contribution < -0.4 is 9.80 Å². The van der Waals surface area contributed by atoms with Gasteiger partial charge in [0, 0.05) is 12.3 Å². The second-order valence-corrected chi connectivity index (χ2v) is 6.31. The zero-order chi connectivity index (χ0) is 11.0. The van der Waals surface area contributed by atoms with Gasteiger partial charge in [-0.25, -0.2) is 0 Å². The third-order valence-corrected chi connectivity index (χ3v) is 5.01. The van der Waals surface area contributed by atoms with Gasteiger partial charge in [-0.05, 0) is 24.7 Å². The molecule has 0 radical (unpaired) electrons. The van der Waals surface area contributed by atoms with Gasteiger partial charge < -0.3 is 9.80 Å². The van der Waals surface area contributed by atoms with Crippen LogP contribution in [-0.4, -0.2) is 39.8 Å². The van der Waals surface area contributed by atoms with Gasteiger partial charge in [0.2, 0.25) is 0 Å². The minimum atomic E-state index is 0.950. The van der Waals surface area contributed by atoms with Crippen LogP contribution in [0.1, 0.15) is 19.3 Å². The molecule has 0 aromatic carbocycles. The van der Waals surface area contributed by atoms with Crippen LogP contribution in [0, 0.1) is 17.8 Å². The molecular weight excluding hydrogens is 196 g/mol. The van der Waals surface area contributed by atoms with Crippen LogP contribution in [-0.2, 0) is 0 Å². The number of allylic oxidation sites excluding steroid dienone is 2. The van der Waals surface area contributed by atoms with Crippen LogP contribution in [0.5, 0.6) is 0 Å². The van der Waals surface area contributed by atoms with Crippen molar-refractivity contribution in [3.8, 4) is 0 Å². The van der Waals surface area contributed by atoms with E-state index in [4.69, 9.17) is 0 Å². The topological polar surface area (TPSA) is 8.88 Å². The molecule has 2 N–H and O–H groups in total. The van der Waals surface area contributed by atoms with E-state index in [1.165, 1.54) is 52.0 Å². The van der Waals surface area contributed by atoms with Gasteiger partial charge in [-0.15, -0.1) is 0 Å². The van der Waals surface area contributed by atoms with E-state index in [0.717, 1.165) is 17.8 Å². The van der Waals surface area contributed by atoms with Gasteiger partial charge in [0.15, 0.2) is 0 Å². The summed E-state index contributed by atoms with van der Waals surface area (Å²) in [7, 11) is 2.35. The molecule has 0 spiro atoms. The molecule has 2 heteroatoms.